The van der Waals surface area contributed by atoms with Crippen molar-refractivity contribution in [2.24, 2.45) is 5.92 Å². The average Bonchev–Trinajstić information content (AvgIpc) is 2.86. The molecule has 0 saturated heterocycles. The molecule has 1 aromatic heterocycles. The van der Waals surface area contributed by atoms with Gasteiger partial charge in [-0.2, -0.15) is 4.72 Å². The second-order valence-electron chi connectivity index (χ2n) is 5.63. The van der Waals surface area contributed by atoms with Crippen LogP contribution in [-0.2, 0) is 19.6 Å². The smallest absolute Gasteiger partial charge is 0.323 e. The SMILES string of the molecule is COC(=O)C(CC1CCCCC1)NS(=O)(=O)c1cc(Cl)sc1Cl. The van der Waals surface area contributed by atoms with Gasteiger partial charge in [0.1, 0.15) is 15.3 Å². The van der Waals surface area contributed by atoms with Gasteiger partial charge in [-0.1, -0.05) is 55.3 Å². The number of methoxy groups -OCH3 is 1. The van der Waals surface area contributed by atoms with Gasteiger partial charge in [0, 0.05) is 0 Å². The fraction of sp³-hybridized carbons (Fsp3) is 0.643. The minimum Gasteiger partial charge on any atom is -0.468 e. The molecule has 1 aromatic rings. The summed E-state index contributed by atoms with van der Waals surface area (Å²) in [6.45, 7) is 0. The molecule has 130 valence electrons. The van der Waals surface area contributed by atoms with Crippen LogP contribution < -0.4 is 4.72 Å². The summed E-state index contributed by atoms with van der Waals surface area (Å²) in [6.07, 6.45) is 5.84. The number of carbonyl (C=O) groups excluding carboxylic acids is 1. The summed E-state index contributed by atoms with van der Waals surface area (Å²) in [7, 11) is -2.68. The lowest BCUT2D eigenvalue weighted by Gasteiger charge is -2.25. The number of sulfonamides is 1. The van der Waals surface area contributed by atoms with E-state index in [1.54, 1.807) is 0 Å². The molecule has 0 aromatic carbocycles. The third kappa shape index (κ3) is 5.06. The molecule has 1 heterocycles. The Morgan fingerprint density at radius 3 is 2.57 bits per heavy atom. The predicted molar refractivity (Wildman–Crippen MR) is 91.7 cm³/mol. The van der Waals surface area contributed by atoms with Crippen LogP contribution in [0.25, 0.3) is 0 Å². The first-order valence-electron chi connectivity index (χ1n) is 7.38. The first-order chi connectivity index (χ1) is 10.8. The number of thiophene rings is 1. The quantitative estimate of drug-likeness (QED) is 0.737. The molecule has 0 radical (unpaired) electrons. The van der Waals surface area contributed by atoms with Crippen molar-refractivity contribution in [1.82, 2.24) is 4.72 Å². The number of ether oxygens (including phenoxy) is 1. The zero-order chi connectivity index (χ0) is 17.0. The summed E-state index contributed by atoms with van der Waals surface area (Å²) < 4.78 is 32.5. The third-order valence-electron chi connectivity index (χ3n) is 3.99. The topological polar surface area (TPSA) is 72.5 Å². The molecular formula is C14H19Cl2NO4S2. The van der Waals surface area contributed by atoms with E-state index in [-0.39, 0.29) is 13.6 Å². The molecule has 2 rings (SSSR count). The van der Waals surface area contributed by atoms with Gasteiger partial charge in [-0.15, -0.1) is 11.3 Å². The van der Waals surface area contributed by atoms with Crippen LogP contribution in [0.4, 0.5) is 0 Å². The lowest BCUT2D eigenvalue weighted by Crippen LogP contribution is -2.42. The summed E-state index contributed by atoms with van der Waals surface area (Å²) in [5.74, 6) is -0.270. The highest BCUT2D eigenvalue weighted by Crippen LogP contribution is 2.34. The highest BCUT2D eigenvalue weighted by atomic mass is 35.5. The molecule has 0 spiro atoms. The molecule has 0 amide bonds. The largest absolute Gasteiger partial charge is 0.468 e. The van der Waals surface area contributed by atoms with Gasteiger partial charge in [0.25, 0.3) is 0 Å². The zero-order valence-corrected chi connectivity index (χ0v) is 15.8. The summed E-state index contributed by atoms with van der Waals surface area (Å²) in [5.41, 5.74) is 0. The fourth-order valence-electron chi connectivity index (χ4n) is 2.85. The van der Waals surface area contributed by atoms with E-state index in [1.807, 2.05) is 0 Å². The van der Waals surface area contributed by atoms with Crippen LogP contribution >= 0.6 is 34.5 Å². The molecule has 0 bridgehead atoms. The van der Waals surface area contributed by atoms with E-state index < -0.39 is 22.0 Å². The van der Waals surface area contributed by atoms with Gasteiger partial charge in [-0.05, 0) is 18.4 Å². The average molecular weight is 400 g/mol. The van der Waals surface area contributed by atoms with E-state index >= 15 is 0 Å². The van der Waals surface area contributed by atoms with Gasteiger partial charge in [-0.3, -0.25) is 4.79 Å². The molecule has 1 aliphatic rings. The lowest BCUT2D eigenvalue weighted by atomic mass is 9.85. The first kappa shape index (κ1) is 19.0. The van der Waals surface area contributed by atoms with Gasteiger partial charge in [-0.25, -0.2) is 8.42 Å². The molecule has 1 atom stereocenters. The van der Waals surface area contributed by atoms with Crippen LogP contribution in [-0.4, -0.2) is 27.5 Å². The van der Waals surface area contributed by atoms with E-state index in [1.165, 1.54) is 19.6 Å². The summed E-state index contributed by atoms with van der Waals surface area (Å²) in [6, 6.07) is 0.370. The van der Waals surface area contributed by atoms with Gasteiger partial charge >= 0.3 is 5.97 Å². The normalized spacial score (nSPS) is 17.9. The van der Waals surface area contributed by atoms with Crippen molar-refractivity contribution in [1.29, 1.82) is 0 Å². The number of nitrogens with one attached hydrogen (secondary N) is 1. The minimum absolute atomic E-state index is 0.0729. The maximum absolute atomic E-state index is 12.5. The van der Waals surface area contributed by atoms with Gasteiger partial charge in [0.2, 0.25) is 10.0 Å². The van der Waals surface area contributed by atoms with E-state index in [0.29, 0.717) is 12.3 Å². The maximum Gasteiger partial charge on any atom is 0.323 e. The van der Waals surface area contributed by atoms with Crippen LogP contribution in [0.15, 0.2) is 11.0 Å². The zero-order valence-electron chi connectivity index (χ0n) is 12.7. The summed E-state index contributed by atoms with van der Waals surface area (Å²) in [4.78, 5) is 11.9. The Labute approximate surface area is 150 Å². The van der Waals surface area contributed by atoms with Gasteiger partial charge < -0.3 is 4.74 Å². The van der Waals surface area contributed by atoms with Crippen LogP contribution in [0.3, 0.4) is 0 Å². The highest BCUT2D eigenvalue weighted by Gasteiger charge is 2.31. The van der Waals surface area contributed by atoms with E-state index in [9.17, 15) is 13.2 Å². The minimum atomic E-state index is -3.93. The van der Waals surface area contributed by atoms with Crippen molar-refractivity contribution in [3.63, 3.8) is 0 Å². The van der Waals surface area contributed by atoms with Crippen molar-refractivity contribution in [2.45, 2.75) is 49.5 Å². The molecule has 1 aliphatic carbocycles. The van der Waals surface area contributed by atoms with Crippen molar-refractivity contribution in [3.8, 4) is 0 Å². The van der Waals surface area contributed by atoms with Crippen molar-refractivity contribution in [2.75, 3.05) is 7.11 Å². The summed E-state index contributed by atoms with van der Waals surface area (Å²) in [5, 5.41) is 0. The number of hydrogen-bond acceptors (Lipinski definition) is 5. The summed E-state index contributed by atoms with van der Waals surface area (Å²) >= 11 is 12.7. The molecule has 23 heavy (non-hydrogen) atoms. The monoisotopic (exact) mass is 399 g/mol. The Bertz CT molecular complexity index is 654. The number of halogens is 2. The molecule has 9 heteroatoms. The van der Waals surface area contributed by atoms with Gasteiger partial charge in [0.15, 0.2) is 0 Å². The molecule has 1 saturated carbocycles. The second-order valence-corrected chi connectivity index (χ2v) is 9.59. The maximum atomic E-state index is 12.5. The number of esters is 1. The molecule has 0 aliphatic heterocycles. The number of carbonyl (C=O) groups is 1. The Hall–Kier alpha value is -0.340. The number of hydrogen-bond donors (Lipinski definition) is 1. The molecule has 1 unspecified atom stereocenters. The third-order valence-corrected chi connectivity index (χ3v) is 7.22. The molecule has 1 N–H and O–H groups in total. The standard InChI is InChI=1S/C14H19Cl2NO4S2/c1-21-14(18)10(7-9-5-3-2-4-6-9)17-23(19,20)11-8-12(15)22-13(11)16/h8-10,17H,2-7H2,1H3. The molecule has 1 fully saturated rings. The Kier molecular flexibility index (Phi) is 6.74. The van der Waals surface area contributed by atoms with E-state index in [0.717, 1.165) is 37.0 Å². The first-order valence-corrected chi connectivity index (χ1v) is 10.4. The second kappa shape index (κ2) is 8.16. The highest BCUT2D eigenvalue weighted by molar-refractivity contribution is 7.89. The van der Waals surface area contributed by atoms with Crippen molar-refractivity contribution < 1.29 is 17.9 Å². The fourth-order valence-corrected chi connectivity index (χ4v) is 6.20. The molecular weight excluding hydrogens is 381 g/mol. The van der Waals surface area contributed by atoms with Crippen LogP contribution in [0.1, 0.15) is 38.5 Å². The Morgan fingerprint density at radius 1 is 1.39 bits per heavy atom. The van der Waals surface area contributed by atoms with Crippen LogP contribution in [0.5, 0.6) is 0 Å². The van der Waals surface area contributed by atoms with Crippen molar-refractivity contribution >= 4 is 50.5 Å². The number of rotatable bonds is 6. The Balaban J connectivity index is 2.16. The Morgan fingerprint density at radius 2 is 2.04 bits per heavy atom. The van der Waals surface area contributed by atoms with Gasteiger partial charge in [0.05, 0.1) is 11.4 Å². The van der Waals surface area contributed by atoms with Crippen LogP contribution in [0.2, 0.25) is 8.67 Å². The van der Waals surface area contributed by atoms with E-state index in [2.05, 4.69) is 4.72 Å². The lowest BCUT2D eigenvalue weighted by molar-refractivity contribution is -0.143. The molecule has 5 nitrogen and oxygen atoms in total. The van der Waals surface area contributed by atoms with Crippen LogP contribution in [0, 0.1) is 5.92 Å². The predicted octanol–water partition coefficient (Wildman–Crippen LogP) is 3.85. The van der Waals surface area contributed by atoms with Crippen molar-refractivity contribution in [3.05, 3.63) is 14.7 Å². The van der Waals surface area contributed by atoms with E-state index in [4.69, 9.17) is 27.9 Å².